The third-order valence-electron chi connectivity index (χ3n) is 2.81. The summed E-state index contributed by atoms with van der Waals surface area (Å²) >= 11 is 3.34. The molecule has 0 amide bonds. The first-order valence-corrected chi connectivity index (χ1v) is 6.55. The van der Waals surface area contributed by atoms with E-state index in [9.17, 15) is 4.39 Å². The van der Waals surface area contributed by atoms with Gasteiger partial charge in [0.2, 0.25) is 0 Å². The second-order valence-corrected chi connectivity index (χ2v) is 5.10. The van der Waals surface area contributed by atoms with Gasteiger partial charge in [-0.3, -0.25) is 0 Å². The van der Waals surface area contributed by atoms with Crippen molar-refractivity contribution in [2.45, 2.75) is 32.2 Å². The van der Waals surface area contributed by atoms with E-state index in [4.69, 9.17) is 9.47 Å². The van der Waals surface area contributed by atoms with Gasteiger partial charge in [0, 0.05) is 30.3 Å². The van der Waals surface area contributed by atoms with Crippen LogP contribution in [0.25, 0.3) is 0 Å². The van der Waals surface area contributed by atoms with Crippen LogP contribution in [0.15, 0.2) is 22.7 Å². The van der Waals surface area contributed by atoms with Crippen molar-refractivity contribution in [3.8, 4) is 0 Å². The van der Waals surface area contributed by atoms with E-state index < -0.39 is 0 Å². The third kappa shape index (κ3) is 4.02. The van der Waals surface area contributed by atoms with E-state index in [1.54, 1.807) is 26.4 Å². The zero-order valence-electron chi connectivity index (χ0n) is 11.0. The molecule has 3 nitrogen and oxygen atoms in total. The Morgan fingerprint density at radius 3 is 2.39 bits per heavy atom. The molecule has 0 radical (unpaired) electrons. The van der Waals surface area contributed by atoms with Crippen LogP contribution in [-0.2, 0) is 9.47 Å². The van der Waals surface area contributed by atoms with Gasteiger partial charge >= 0.3 is 0 Å². The van der Waals surface area contributed by atoms with Gasteiger partial charge in [-0.2, -0.15) is 0 Å². The van der Waals surface area contributed by atoms with Crippen molar-refractivity contribution in [1.29, 1.82) is 0 Å². The summed E-state index contributed by atoms with van der Waals surface area (Å²) < 4.78 is 24.9. The molecule has 0 saturated carbocycles. The molecule has 5 heteroatoms. The summed E-state index contributed by atoms with van der Waals surface area (Å²) in [5.41, 5.74) is 0.613. The fourth-order valence-electron chi connectivity index (χ4n) is 1.91. The first-order chi connectivity index (χ1) is 8.49. The van der Waals surface area contributed by atoms with Crippen LogP contribution >= 0.6 is 15.9 Å². The fourth-order valence-corrected chi connectivity index (χ4v) is 2.29. The maximum atomic E-state index is 13.7. The number of rotatable bonds is 6. The molecule has 2 atom stereocenters. The van der Waals surface area contributed by atoms with Gasteiger partial charge in [0.25, 0.3) is 0 Å². The summed E-state index contributed by atoms with van der Waals surface area (Å²) in [6.45, 7) is 3.84. The van der Waals surface area contributed by atoms with Crippen LogP contribution in [-0.4, -0.2) is 26.6 Å². The molecule has 1 aromatic rings. The summed E-state index contributed by atoms with van der Waals surface area (Å²) in [6.07, 6.45) is -0.359. The Labute approximate surface area is 116 Å². The average Bonchev–Trinajstić information content (AvgIpc) is 2.33. The molecule has 0 aliphatic carbocycles. The molecule has 2 unspecified atom stereocenters. The van der Waals surface area contributed by atoms with Gasteiger partial charge in [-0.25, -0.2) is 4.39 Å². The van der Waals surface area contributed by atoms with E-state index in [0.29, 0.717) is 5.56 Å². The Kier molecular flexibility index (Phi) is 6.21. The largest absolute Gasteiger partial charge is 0.354 e. The maximum absolute atomic E-state index is 13.7. The van der Waals surface area contributed by atoms with Gasteiger partial charge in [-0.05, 0) is 32.0 Å². The number of hydrogen-bond acceptors (Lipinski definition) is 3. The van der Waals surface area contributed by atoms with E-state index in [-0.39, 0.29) is 24.2 Å². The van der Waals surface area contributed by atoms with Gasteiger partial charge in [0.15, 0.2) is 6.29 Å². The SMILES string of the molecule is COC(OC)C(C)NC(C)c1cc(Br)ccc1F. The average molecular weight is 320 g/mol. The molecule has 0 aromatic heterocycles. The Morgan fingerprint density at radius 1 is 1.22 bits per heavy atom. The summed E-state index contributed by atoms with van der Waals surface area (Å²) in [4.78, 5) is 0. The van der Waals surface area contributed by atoms with Gasteiger partial charge in [0.1, 0.15) is 5.82 Å². The molecule has 1 rings (SSSR count). The van der Waals surface area contributed by atoms with E-state index in [1.165, 1.54) is 6.07 Å². The molecule has 0 spiro atoms. The molecule has 0 saturated heterocycles. The van der Waals surface area contributed by atoms with Gasteiger partial charge < -0.3 is 14.8 Å². The zero-order chi connectivity index (χ0) is 13.7. The van der Waals surface area contributed by atoms with E-state index in [0.717, 1.165) is 4.47 Å². The Bertz CT molecular complexity index is 385. The standard InChI is InChI=1S/C13H19BrFNO2/c1-8(16-9(2)13(17-3)18-4)11-7-10(14)5-6-12(11)15/h5-9,13,16H,1-4H3. The molecule has 0 bridgehead atoms. The van der Waals surface area contributed by atoms with Crippen LogP contribution < -0.4 is 5.32 Å². The highest BCUT2D eigenvalue weighted by atomic mass is 79.9. The highest BCUT2D eigenvalue weighted by Gasteiger charge is 2.20. The van der Waals surface area contributed by atoms with Crippen molar-refractivity contribution in [2.75, 3.05) is 14.2 Å². The lowest BCUT2D eigenvalue weighted by molar-refractivity contribution is -0.120. The molecule has 102 valence electrons. The smallest absolute Gasteiger partial charge is 0.171 e. The number of halogens is 2. The van der Waals surface area contributed by atoms with Crippen LogP contribution in [0, 0.1) is 5.82 Å². The van der Waals surface area contributed by atoms with Crippen molar-refractivity contribution < 1.29 is 13.9 Å². The quantitative estimate of drug-likeness (QED) is 0.816. The summed E-state index contributed by atoms with van der Waals surface area (Å²) in [5.74, 6) is -0.225. The van der Waals surface area contributed by atoms with Crippen molar-refractivity contribution >= 4 is 15.9 Å². The van der Waals surface area contributed by atoms with Crippen molar-refractivity contribution in [3.05, 3.63) is 34.1 Å². The lowest BCUT2D eigenvalue weighted by Gasteiger charge is -2.26. The van der Waals surface area contributed by atoms with Crippen LogP contribution in [0.3, 0.4) is 0 Å². The predicted octanol–water partition coefficient (Wildman–Crippen LogP) is 3.25. The van der Waals surface area contributed by atoms with Crippen LogP contribution in [0.2, 0.25) is 0 Å². The molecule has 0 fully saturated rings. The first kappa shape index (κ1) is 15.6. The topological polar surface area (TPSA) is 30.5 Å². The predicted molar refractivity (Wildman–Crippen MR) is 72.9 cm³/mol. The Morgan fingerprint density at radius 2 is 1.83 bits per heavy atom. The fraction of sp³-hybridized carbons (Fsp3) is 0.538. The number of ether oxygens (including phenoxy) is 2. The lowest BCUT2D eigenvalue weighted by Crippen LogP contribution is -2.41. The van der Waals surface area contributed by atoms with Crippen molar-refractivity contribution in [2.24, 2.45) is 0 Å². The summed E-state index contributed by atoms with van der Waals surface area (Å²) in [7, 11) is 3.16. The maximum Gasteiger partial charge on any atom is 0.171 e. The Balaban J connectivity index is 2.75. The van der Waals surface area contributed by atoms with E-state index in [2.05, 4.69) is 21.2 Å². The normalized spacial score (nSPS) is 14.8. The highest BCUT2D eigenvalue weighted by Crippen LogP contribution is 2.22. The van der Waals surface area contributed by atoms with Gasteiger partial charge in [-0.15, -0.1) is 0 Å². The number of nitrogens with one attached hydrogen (secondary N) is 1. The van der Waals surface area contributed by atoms with E-state index in [1.807, 2.05) is 13.8 Å². The third-order valence-corrected chi connectivity index (χ3v) is 3.30. The highest BCUT2D eigenvalue weighted by molar-refractivity contribution is 9.10. The second kappa shape index (κ2) is 7.19. The summed E-state index contributed by atoms with van der Waals surface area (Å²) in [5, 5.41) is 3.26. The number of methoxy groups -OCH3 is 2. The van der Waals surface area contributed by atoms with Crippen LogP contribution in [0.5, 0.6) is 0 Å². The van der Waals surface area contributed by atoms with Gasteiger partial charge in [-0.1, -0.05) is 15.9 Å². The molecule has 1 aromatic carbocycles. The molecule has 18 heavy (non-hydrogen) atoms. The van der Waals surface area contributed by atoms with E-state index >= 15 is 0 Å². The molecular formula is C13H19BrFNO2. The molecule has 0 aliphatic rings. The Hall–Kier alpha value is -0.490. The summed E-state index contributed by atoms with van der Waals surface area (Å²) in [6, 6.07) is 4.72. The minimum Gasteiger partial charge on any atom is -0.354 e. The minimum atomic E-state index is -0.359. The van der Waals surface area contributed by atoms with Gasteiger partial charge in [0.05, 0.1) is 6.04 Å². The minimum absolute atomic E-state index is 0.0478. The molecule has 1 N–H and O–H groups in total. The first-order valence-electron chi connectivity index (χ1n) is 5.76. The van der Waals surface area contributed by atoms with Crippen molar-refractivity contribution in [3.63, 3.8) is 0 Å². The number of benzene rings is 1. The lowest BCUT2D eigenvalue weighted by atomic mass is 10.1. The van der Waals surface area contributed by atoms with Crippen LogP contribution in [0.4, 0.5) is 4.39 Å². The van der Waals surface area contributed by atoms with Crippen LogP contribution in [0.1, 0.15) is 25.5 Å². The molecule has 0 heterocycles. The molecular weight excluding hydrogens is 301 g/mol. The van der Waals surface area contributed by atoms with Crippen molar-refractivity contribution in [1.82, 2.24) is 5.32 Å². The number of hydrogen-bond donors (Lipinski definition) is 1. The molecule has 0 aliphatic heterocycles. The second-order valence-electron chi connectivity index (χ2n) is 4.18. The monoisotopic (exact) mass is 319 g/mol. The zero-order valence-corrected chi connectivity index (χ0v) is 12.6.